The summed E-state index contributed by atoms with van der Waals surface area (Å²) in [5.41, 5.74) is 2.04. The Kier molecular flexibility index (Phi) is 5.36. The molecule has 2 aromatic carbocycles. The highest BCUT2D eigenvalue weighted by Crippen LogP contribution is 2.24. The Bertz CT molecular complexity index is 787. The minimum atomic E-state index is -0.613. The molecule has 0 aliphatic heterocycles. The van der Waals surface area contributed by atoms with E-state index < -0.39 is 6.10 Å². The van der Waals surface area contributed by atoms with E-state index in [9.17, 15) is 9.90 Å². The van der Waals surface area contributed by atoms with Crippen molar-refractivity contribution in [3.63, 3.8) is 0 Å². The highest BCUT2D eigenvalue weighted by atomic mass is 32.1. The fourth-order valence-corrected chi connectivity index (χ4v) is 3.19. The first-order valence-corrected chi connectivity index (χ1v) is 8.55. The van der Waals surface area contributed by atoms with Crippen LogP contribution in [0.25, 0.3) is 10.6 Å². The Labute approximate surface area is 144 Å². The summed E-state index contributed by atoms with van der Waals surface area (Å²) >= 11 is 1.34. The van der Waals surface area contributed by atoms with E-state index in [1.54, 1.807) is 6.20 Å². The number of aromatic nitrogens is 1. The Balaban J connectivity index is 1.55. The van der Waals surface area contributed by atoms with E-state index in [0.29, 0.717) is 11.3 Å². The van der Waals surface area contributed by atoms with Gasteiger partial charge in [-0.1, -0.05) is 60.7 Å². The Morgan fingerprint density at radius 3 is 2.46 bits per heavy atom. The van der Waals surface area contributed by atoms with Crippen molar-refractivity contribution in [3.05, 3.63) is 77.3 Å². The third kappa shape index (κ3) is 4.28. The number of carbonyl (C=O) groups is 1. The van der Waals surface area contributed by atoms with Crippen molar-refractivity contribution < 1.29 is 9.90 Å². The van der Waals surface area contributed by atoms with Crippen LogP contribution >= 0.6 is 11.3 Å². The van der Waals surface area contributed by atoms with Gasteiger partial charge in [-0.05, 0) is 5.56 Å². The molecule has 3 rings (SSSR count). The van der Waals surface area contributed by atoms with Gasteiger partial charge in [0.2, 0.25) is 0 Å². The second-order valence-electron chi connectivity index (χ2n) is 5.45. The molecule has 1 heterocycles. The first-order chi connectivity index (χ1) is 11.7. The quantitative estimate of drug-likeness (QED) is 0.726. The highest BCUT2D eigenvalue weighted by Gasteiger charge is 2.13. The first-order valence-electron chi connectivity index (χ1n) is 7.74. The molecule has 0 bridgehead atoms. The molecule has 1 atom stereocenters. The third-order valence-corrected chi connectivity index (χ3v) is 4.61. The molecule has 0 fully saturated rings. The number of aliphatic hydroxyl groups excluding tert-OH is 1. The van der Waals surface area contributed by atoms with Crippen LogP contribution < -0.4 is 5.32 Å². The van der Waals surface area contributed by atoms with Gasteiger partial charge in [0.05, 0.1) is 12.3 Å². The largest absolute Gasteiger partial charge is 0.391 e. The number of nitrogens with zero attached hydrogens (tertiary/aromatic N) is 1. The normalized spacial score (nSPS) is 11.9. The lowest BCUT2D eigenvalue weighted by atomic mass is 10.1. The maximum atomic E-state index is 12.2. The molecule has 0 spiro atoms. The molecule has 1 unspecified atom stereocenters. The summed E-state index contributed by atoms with van der Waals surface area (Å²) < 4.78 is 0. The molecule has 4 nitrogen and oxygen atoms in total. The molecule has 1 amide bonds. The lowest BCUT2D eigenvalue weighted by Gasteiger charge is -2.11. The van der Waals surface area contributed by atoms with Crippen LogP contribution in [-0.4, -0.2) is 28.6 Å². The molecule has 3 aromatic rings. The van der Waals surface area contributed by atoms with Gasteiger partial charge in [-0.15, -0.1) is 11.3 Å². The third-order valence-electron chi connectivity index (χ3n) is 3.56. The van der Waals surface area contributed by atoms with Crippen molar-refractivity contribution in [2.45, 2.75) is 12.5 Å². The number of carbonyl (C=O) groups excluding carboxylic acids is 1. The Morgan fingerprint density at radius 2 is 1.75 bits per heavy atom. The fourth-order valence-electron chi connectivity index (χ4n) is 2.35. The minimum Gasteiger partial charge on any atom is -0.391 e. The summed E-state index contributed by atoms with van der Waals surface area (Å²) in [4.78, 5) is 17.0. The lowest BCUT2D eigenvalue weighted by molar-refractivity contribution is 0.0919. The van der Waals surface area contributed by atoms with Gasteiger partial charge in [0.25, 0.3) is 5.91 Å². The number of hydrogen-bond donors (Lipinski definition) is 2. The van der Waals surface area contributed by atoms with E-state index in [4.69, 9.17) is 0 Å². The Morgan fingerprint density at radius 1 is 1.08 bits per heavy atom. The zero-order valence-corrected chi connectivity index (χ0v) is 13.9. The standard InChI is InChI=1S/C19H18N2O2S/c22-16(11-14-7-3-1-4-8-14)12-20-18(23)17-13-21-19(24-17)15-9-5-2-6-10-15/h1-10,13,16,22H,11-12H2,(H,20,23). The van der Waals surface area contributed by atoms with Gasteiger partial charge in [0.1, 0.15) is 9.88 Å². The van der Waals surface area contributed by atoms with Crippen molar-refractivity contribution >= 4 is 17.2 Å². The molecule has 0 radical (unpaired) electrons. The van der Waals surface area contributed by atoms with Gasteiger partial charge in [0.15, 0.2) is 0 Å². The molecule has 122 valence electrons. The lowest BCUT2D eigenvalue weighted by Crippen LogP contribution is -2.32. The average molecular weight is 338 g/mol. The molecular formula is C19H18N2O2S. The summed E-state index contributed by atoms with van der Waals surface area (Å²) in [6.07, 6.45) is 1.48. The van der Waals surface area contributed by atoms with Gasteiger partial charge in [-0.3, -0.25) is 4.79 Å². The predicted molar refractivity (Wildman–Crippen MR) is 96.0 cm³/mol. The molecule has 0 saturated carbocycles. The van der Waals surface area contributed by atoms with Crippen LogP contribution in [0.4, 0.5) is 0 Å². The summed E-state index contributed by atoms with van der Waals surface area (Å²) in [5.74, 6) is -0.207. The van der Waals surface area contributed by atoms with Crippen LogP contribution in [0, 0.1) is 0 Å². The van der Waals surface area contributed by atoms with Crippen LogP contribution in [-0.2, 0) is 6.42 Å². The first kappa shape index (κ1) is 16.4. The number of hydrogen-bond acceptors (Lipinski definition) is 4. The number of aliphatic hydroxyl groups is 1. The van der Waals surface area contributed by atoms with Gasteiger partial charge in [-0.2, -0.15) is 0 Å². The predicted octanol–water partition coefficient (Wildman–Crippen LogP) is 3.14. The molecule has 5 heteroatoms. The number of benzene rings is 2. The minimum absolute atomic E-state index is 0.207. The van der Waals surface area contributed by atoms with Gasteiger partial charge >= 0.3 is 0 Å². The summed E-state index contributed by atoms with van der Waals surface area (Å²) in [7, 11) is 0. The number of amides is 1. The van der Waals surface area contributed by atoms with Crippen LogP contribution in [0.3, 0.4) is 0 Å². The van der Waals surface area contributed by atoms with E-state index in [0.717, 1.165) is 16.1 Å². The van der Waals surface area contributed by atoms with Crippen LogP contribution in [0.2, 0.25) is 0 Å². The summed E-state index contributed by atoms with van der Waals surface area (Å²) in [6.45, 7) is 0.215. The molecular weight excluding hydrogens is 320 g/mol. The number of rotatable bonds is 6. The summed E-state index contributed by atoms with van der Waals surface area (Å²) in [6, 6.07) is 19.5. The molecule has 0 saturated heterocycles. The maximum Gasteiger partial charge on any atom is 0.263 e. The van der Waals surface area contributed by atoms with Crippen molar-refractivity contribution in [2.24, 2.45) is 0 Å². The summed E-state index contributed by atoms with van der Waals surface area (Å²) in [5, 5.41) is 13.6. The number of nitrogens with one attached hydrogen (secondary N) is 1. The van der Waals surface area contributed by atoms with Crippen LogP contribution in [0.5, 0.6) is 0 Å². The zero-order chi connectivity index (χ0) is 16.8. The van der Waals surface area contributed by atoms with E-state index in [1.165, 1.54) is 11.3 Å². The highest BCUT2D eigenvalue weighted by molar-refractivity contribution is 7.16. The van der Waals surface area contributed by atoms with E-state index in [2.05, 4.69) is 10.3 Å². The van der Waals surface area contributed by atoms with Crippen molar-refractivity contribution in [3.8, 4) is 10.6 Å². The molecule has 2 N–H and O–H groups in total. The maximum absolute atomic E-state index is 12.2. The number of thiazole rings is 1. The molecule has 24 heavy (non-hydrogen) atoms. The molecule has 0 aliphatic rings. The van der Waals surface area contributed by atoms with Crippen molar-refractivity contribution in [2.75, 3.05) is 6.54 Å². The molecule has 1 aromatic heterocycles. The van der Waals surface area contributed by atoms with E-state index in [-0.39, 0.29) is 12.5 Å². The SMILES string of the molecule is O=C(NCC(O)Cc1ccccc1)c1cnc(-c2ccccc2)s1. The van der Waals surface area contributed by atoms with Gasteiger partial charge in [-0.25, -0.2) is 4.98 Å². The van der Waals surface area contributed by atoms with Gasteiger partial charge < -0.3 is 10.4 Å². The smallest absolute Gasteiger partial charge is 0.263 e. The second kappa shape index (κ2) is 7.86. The average Bonchev–Trinajstić information content (AvgIpc) is 3.11. The van der Waals surface area contributed by atoms with E-state index in [1.807, 2.05) is 60.7 Å². The van der Waals surface area contributed by atoms with Crippen molar-refractivity contribution in [1.29, 1.82) is 0 Å². The topological polar surface area (TPSA) is 62.2 Å². The van der Waals surface area contributed by atoms with Crippen LogP contribution in [0.1, 0.15) is 15.2 Å². The van der Waals surface area contributed by atoms with Gasteiger partial charge in [0, 0.05) is 18.5 Å². The zero-order valence-electron chi connectivity index (χ0n) is 13.1. The van der Waals surface area contributed by atoms with Crippen molar-refractivity contribution in [1.82, 2.24) is 10.3 Å². The fraction of sp³-hybridized carbons (Fsp3) is 0.158. The molecule has 0 aliphatic carbocycles. The van der Waals surface area contributed by atoms with E-state index >= 15 is 0 Å². The monoisotopic (exact) mass is 338 g/mol. The van der Waals surface area contributed by atoms with Crippen LogP contribution in [0.15, 0.2) is 66.9 Å². The second-order valence-corrected chi connectivity index (χ2v) is 6.48. The Hall–Kier alpha value is -2.50.